The van der Waals surface area contributed by atoms with Gasteiger partial charge in [0, 0.05) is 16.1 Å². The Kier molecular flexibility index (Phi) is 4.28. The molecule has 0 aliphatic carbocycles. The van der Waals surface area contributed by atoms with Crippen molar-refractivity contribution < 1.29 is 9.14 Å². The summed E-state index contributed by atoms with van der Waals surface area (Å²) in [5.74, 6) is 0.878. The summed E-state index contributed by atoms with van der Waals surface area (Å²) < 4.78 is 10.9. The van der Waals surface area contributed by atoms with Crippen LogP contribution in [0, 0.1) is 0 Å². The molecule has 2 heterocycles. The molecule has 2 aromatic carbocycles. The Labute approximate surface area is 155 Å². The highest BCUT2D eigenvalue weighted by molar-refractivity contribution is 9.10. The molecule has 2 aromatic heterocycles. The van der Waals surface area contributed by atoms with E-state index in [4.69, 9.17) is 4.74 Å². The lowest BCUT2D eigenvalue weighted by Gasteiger charge is -2.05. The van der Waals surface area contributed by atoms with Crippen molar-refractivity contribution in [3.05, 3.63) is 89.2 Å². The maximum absolute atomic E-state index is 5.26. The molecule has 4 heteroatoms. The first-order valence-corrected chi connectivity index (χ1v) is 8.92. The van der Waals surface area contributed by atoms with Crippen molar-refractivity contribution in [1.82, 2.24) is 4.57 Å². The highest BCUT2D eigenvalue weighted by atomic mass is 79.9. The third-order valence-electron chi connectivity index (χ3n) is 4.34. The van der Waals surface area contributed by atoms with Crippen LogP contribution in [0.15, 0.2) is 83.6 Å². The van der Waals surface area contributed by atoms with Crippen LogP contribution in [-0.2, 0) is 6.54 Å². The Morgan fingerprint density at radius 1 is 0.960 bits per heavy atom. The van der Waals surface area contributed by atoms with Gasteiger partial charge in [0.15, 0.2) is 5.69 Å². The predicted octanol–water partition coefficient (Wildman–Crippen LogP) is 4.71. The number of rotatable bonds is 4. The minimum Gasteiger partial charge on any atom is -0.497 e. The van der Waals surface area contributed by atoms with E-state index in [2.05, 4.69) is 91.9 Å². The van der Waals surface area contributed by atoms with E-state index >= 15 is 0 Å². The van der Waals surface area contributed by atoms with Crippen molar-refractivity contribution in [3.63, 3.8) is 0 Å². The van der Waals surface area contributed by atoms with Crippen LogP contribution < -0.4 is 9.14 Å². The third-order valence-corrected chi connectivity index (χ3v) is 4.86. The average Bonchev–Trinajstić information content (AvgIpc) is 3.02. The van der Waals surface area contributed by atoms with Gasteiger partial charge in [-0.3, -0.25) is 0 Å². The van der Waals surface area contributed by atoms with Crippen molar-refractivity contribution in [3.8, 4) is 17.0 Å². The SMILES string of the molecule is COc1ccc(Cn2c(-c3ccc(Br)cc3)c[n+]3ccccc23)cc1. The van der Waals surface area contributed by atoms with Crippen LogP contribution in [0.25, 0.3) is 16.9 Å². The Balaban J connectivity index is 1.82. The van der Waals surface area contributed by atoms with Gasteiger partial charge < -0.3 is 4.74 Å². The molecule has 0 bridgehead atoms. The molecule has 0 N–H and O–H groups in total. The maximum atomic E-state index is 5.26. The second kappa shape index (κ2) is 6.73. The lowest BCUT2D eigenvalue weighted by atomic mass is 10.1. The molecule has 4 rings (SSSR count). The van der Waals surface area contributed by atoms with E-state index in [-0.39, 0.29) is 0 Å². The zero-order valence-corrected chi connectivity index (χ0v) is 15.5. The van der Waals surface area contributed by atoms with Gasteiger partial charge >= 0.3 is 0 Å². The summed E-state index contributed by atoms with van der Waals surface area (Å²) in [6.07, 6.45) is 4.27. The molecule has 124 valence electrons. The summed E-state index contributed by atoms with van der Waals surface area (Å²) in [6.45, 7) is 0.801. The van der Waals surface area contributed by atoms with Crippen LogP contribution in [0.3, 0.4) is 0 Å². The summed E-state index contributed by atoms with van der Waals surface area (Å²) in [5, 5.41) is 0. The Morgan fingerprint density at radius 2 is 1.72 bits per heavy atom. The molecule has 0 amide bonds. The highest BCUT2D eigenvalue weighted by Gasteiger charge is 2.19. The monoisotopic (exact) mass is 393 g/mol. The largest absolute Gasteiger partial charge is 0.497 e. The number of nitrogens with zero attached hydrogens (tertiary/aromatic N) is 2. The van der Waals surface area contributed by atoms with Crippen LogP contribution in [0.4, 0.5) is 0 Å². The van der Waals surface area contributed by atoms with Gasteiger partial charge in [0.25, 0.3) is 5.65 Å². The van der Waals surface area contributed by atoms with Gasteiger partial charge in [-0.15, -0.1) is 0 Å². The number of pyridine rings is 1. The molecule has 0 aliphatic rings. The number of hydrogen-bond donors (Lipinski definition) is 0. The minimum atomic E-state index is 0.801. The van der Waals surface area contributed by atoms with Crippen molar-refractivity contribution in [2.24, 2.45) is 0 Å². The van der Waals surface area contributed by atoms with Crippen molar-refractivity contribution >= 4 is 21.6 Å². The third kappa shape index (κ3) is 3.17. The molecule has 0 saturated heterocycles. The molecule has 0 aliphatic heterocycles. The molecule has 0 atom stereocenters. The second-order valence-electron chi connectivity index (χ2n) is 5.92. The Bertz CT molecular complexity index is 1000. The number of halogens is 1. The molecule has 25 heavy (non-hydrogen) atoms. The van der Waals surface area contributed by atoms with Gasteiger partial charge in [-0.2, -0.15) is 0 Å². The maximum Gasteiger partial charge on any atom is 0.286 e. The van der Waals surface area contributed by atoms with Crippen LogP contribution in [0.5, 0.6) is 5.75 Å². The zero-order chi connectivity index (χ0) is 17.2. The summed E-state index contributed by atoms with van der Waals surface area (Å²) in [7, 11) is 1.69. The molecule has 0 unspecified atom stereocenters. The number of benzene rings is 2. The Hall–Kier alpha value is -2.59. The topological polar surface area (TPSA) is 18.3 Å². The molecule has 0 saturated carbocycles. The number of ether oxygens (including phenoxy) is 1. The quantitative estimate of drug-likeness (QED) is 0.459. The van der Waals surface area contributed by atoms with Crippen LogP contribution in [0.2, 0.25) is 0 Å². The van der Waals surface area contributed by atoms with Gasteiger partial charge in [-0.05, 0) is 48.0 Å². The van der Waals surface area contributed by atoms with Gasteiger partial charge in [-0.25, -0.2) is 8.97 Å². The van der Waals surface area contributed by atoms with E-state index < -0.39 is 0 Å². The first-order chi connectivity index (χ1) is 12.2. The van der Waals surface area contributed by atoms with Crippen LogP contribution in [0.1, 0.15) is 5.56 Å². The van der Waals surface area contributed by atoms with Gasteiger partial charge in [-0.1, -0.05) is 34.1 Å². The van der Waals surface area contributed by atoms with E-state index in [9.17, 15) is 0 Å². The minimum absolute atomic E-state index is 0.801. The summed E-state index contributed by atoms with van der Waals surface area (Å²) in [6, 6.07) is 23.0. The lowest BCUT2D eigenvalue weighted by molar-refractivity contribution is -0.510. The van der Waals surface area contributed by atoms with Gasteiger partial charge in [0.2, 0.25) is 0 Å². The molecule has 0 fully saturated rings. The van der Waals surface area contributed by atoms with Crippen LogP contribution in [-0.4, -0.2) is 11.7 Å². The molecular formula is C21H18BrN2O+. The number of hydrogen-bond acceptors (Lipinski definition) is 1. The fraction of sp³-hybridized carbons (Fsp3) is 0.0952. The smallest absolute Gasteiger partial charge is 0.286 e. The molecular weight excluding hydrogens is 376 g/mol. The second-order valence-corrected chi connectivity index (χ2v) is 6.84. The number of fused-ring (bicyclic) bond motifs is 1. The van der Waals surface area contributed by atoms with Crippen molar-refractivity contribution in [1.29, 1.82) is 0 Å². The van der Waals surface area contributed by atoms with Crippen molar-refractivity contribution in [2.45, 2.75) is 6.54 Å². The van der Waals surface area contributed by atoms with E-state index in [1.54, 1.807) is 7.11 Å². The molecule has 4 aromatic rings. The molecule has 3 nitrogen and oxygen atoms in total. The number of methoxy groups -OCH3 is 1. The normalized spacial score (nSPS) is 11.0. The van der Waals surface area contributed by atoms with Gasteiger partial charge in [0.1, 0.15) is 18.5 Å². The molecule has 0 spiro atoms. The fourth-order valence-corrected chi connectivity index (χ4v) is 3.30. The summed E-state index contributed by atoms with van der Waals surface area (Å²) >= 11 is 3.51. The molecule has 0 radical (unpaired) electrons. The standard InChI is InChI=1S/C21H18BrN2O/c1-25-19-11-5-16(6-12-19)14-24-20(17-7-9-18(22)10-8-17)15-23-13-3-2-4-21(23)24/h2-13,15H,14H2,1H3/q+1. The van der Waals surface area contributed by atoms with Crippen LogP contribution >= 0.6 is 15.9 Å². The predicted molar refractivity (Wildman–Crippen MR) is 103 cm³/mol. The van der Waals surface area contributed by atoms with Crippen molar-refractivity contribution in [2.75, 3.05) is 7.11 Å². The first kappa shape index (κ1) is 15.9. The van der Waals surface area contributed by atoms with E-state index in [0.717, 1.165) is 22.4 Å². The first-order valence-electron chi connectivity index (χ1n) is 8.13. The average molecular weight is 394 g/mol. The number of imidazole rings is 1. The summed E-state index contributed by atoms with van der Waals surface area (Å²) in [5.41, 5.74) is 4.78. The lowest BCUT2D eigenvalue weighted by Crippen LogP contribution is -2.18. The van der Waals surface area contributed by atoms with E-state index in [1.807, 2.05) is 12.1 Å². The number of aromatic nitrogens is 2. The Morgan fingerprint density at radius 3 is 2.44 bits per heavy atom. The highest BCUT2D eigenvalue weighted by Crippen LogP contribution is 2.24. The summed E-state index contributed by atoms with van der Waals surface area (Å²) in [4.78, 5) is 0. The van der Waals surface area contributed by atoms with Gasteiger partial charge in [0.05, 0.1) is 13.3 Å². The fourth-order valence-electron chi connectivity index (χ4n) is 3.04. The zero-order valence-electron chi connectivity index (χ0n) is 13.9. The van der Waals surface area contributed by atoms with E-state index in [1.165, 1.54) is 16.8 Å². The van der Waals surface area contributed by atoms with E-state index in [0.29, 0.717) is 0 Å².